The van der Waals surface area contributed by atoms with Crippen LogP contribution in [0, 0.1) is 13.8 Å². The van der Waals surface area contributed by atoms with Gasteiger partial charge in [-0.05, 0) is 79.4 Å². The van der Waals surface area contributed by atoms with Crippen LogP contribution in [0.5, 0.6) is 0 Å². The SMILES string of the molecule is Cc1ccccc1-n1ncc(C(=O)Nc2cccc(C(=O)N3CCc4sccc4C3)c2C)c1C1CC1. The molecule has 1 fully saturated rings. The van der Waals surface area contributed by atoms with Gasteiger partial charge < -0.3 is 10.2 Å². The lowest BCUT2D eigenvalue weighted by molar-refractivity contribution is 0.0735. The van der Waals surface area contributed by atoms with Crippen molar-refractivity contribution in [3.8, 4) is 5.69 Å². The van der Waals surface area contributed by atoms with Crippen molar-refractivity contribution in [1.29, 1.82) is 0 Å². The van der Waals surface area contributed by atoms with E-state index < -0.39 is 0 Å². The lowest BCUT2D eigenvalue weighted by Gasteiger charge is -2.28. The Labute approximate surface area is 214 Å². The van der Waals surface area contributed by atoms with E-state index in [2.05, 4.69) is 34.9 Å². The van der Waals surface area contributed by atoms with Gasteiger partial charge >= 0.3 is 0 Å². The van der Waals surface area contributed by atoms with Crippen molar-refractivity contribution < 1.29 is 9.59 Å². The molecule has 0 unspecified atom stereocenters. The average molecular weight is 497 g/mol. The molecular formula is C29H28N4O2S. The lowest BCUT2D eigenvalue weighted by atomic mass is 10.0. The van der Waals surface area contributed by atoms with Crippen LogP contribution >= 0.6 is 11.3 Å². The molecule has 6 rings (SSSR count). The Bertz CT molecular complexity index is 1480. The Kier molecular flexibility index (Phi) is 5.72. The fourth-order valence-electron chi connectivity index (χ4n) is 5.06. The van der Waals surface area contributed by atoms with Crippen LogP contribution in [0.1, 0.15) is 66.7 Å². The fraction of sp³-hybridized carbons (Fsp3) is 0.276. The van der Waals surface area contributed by atoms with Gasteiger partial charge in [-0.2, -0.15) is 5.10 Å². The zero-order valence-corrected chi connectivity index (χ0v) is 21.3. The number of amides is 2. The zero-order valence-electron chi connectivity index (χ0n) is 20.5. The number of carbonyl (C=O) groups excluding carboxylic acids is 2. The van der Waals surface area contributed by atoms with Gasteiger partial charge in [-0.1, -0.05) is 24.3 Å². The smallest absolute Gasteiger partial charge is 0.259 e. The number of hydrogen-bond acceptors (Lipinski definition) is 4. The Balaban J connectivity index is 1.27. The van der Waals surface area contributed by atoms with Crippen LogP contribution in [0.4, 0.5) is 5.69 Å². The molecule has 0 bridgehead atoms. The normalized spacial score (nSPS) is 15.0. The third-order valence-electron chi connectivity index (χ3n) is 7.27. The maximum atomic E-state index is 13.5. The molecule has 0 spiro atoms. The summed E-state index contributed by atoms with van der Waals surface area (Å²) < 4.78 is 1.92. The van der Waals surface area contributed by atoms with E-state index in [-0.39, 0.29) is 11.8 Å². The number of rotatable bonds is 5. The van der Waals surface area contributed by atoms with Crippen molar-refractivity contribution in [1.82, 2.24) is 14.7 Å². The standard InChI is InChI=1S/C29H28N4O2S/c1-18-6-3-4-9-25(18)33-27(20-10-11-20)23(16-30-33)28(34)31-24-8-5-7-22(19(24)2)29(35)32-14-12-26-21(17-32)13-15-36-26/h3-9,13,15-16,20H,10-12,14,17H2,1-2H3,(H,31,34). The van der Waals surface area contributed by atoms with E-state index >= 15 is 0 Å². The molecule has 1 N–H and O–H groups in total. The first-order chi connectivity index (χ1) is 17.5. The summed E-state index contributed by atoms with van der Waals surface area (Å²) in [6.07, 6.45) is 4.68. The minimum absolute atomic E-state index is 0.00601. The maximum absolute atomic E-state index is 13.5. The Morgan fingerprint density at radius 3 is 2.67 bits per heavy atom. The third-order valence-corrected chi connectivity index (χ3v) is 8.29. The Hall–Kier alpha value is -3.71. The molecule has 4 aromatic rings. The highest BCUT2D eigenvalue weighted by Gasteiger charge is 2.33. The molecule has 2 aromatic heterocycles. The number of nitrogens with zero attached hydrogens (tertiary/aromatic N) is 3. The molecular weight excluding hydrogens is 468 g/mol. The second-order valence-electron chi connectivity index (χ2n) is 9.69. The van der Waals surface area contributed by atoms with E-state index in [1.165, 1.54) is 10.4 Å². The van der Waals surface area contributed by atoms with Gasteiger partial charge in [0.05, 0.1) is 23.1 Å². The van der Waals surface area contributed by atoms with Gasteiger partial charge in [-0.25, -0.2) is 4.68 Å². The number of hydrogen-bond donors (Lipinski definition) is 1. The highest BCUT2D eigenvalue weighted by molar-refractivity contribution is 7.10. The van der Waals surface area contributed by atoms with Crippen molar-refractivity contribution in [2.75, 3.05) is 11.9 Å². The van der Waals surface area contributed by atoms with Gasteiger partial charge in [-0.3, -0.25) is 9.59 Å². The van der Waals surface area contributed by atoms with Crippen LogP contribution in [-0.2, 0) is 13.0 Å². The average Bonchev–Trinajstić information content (AvgIpc) is 3.44. The molecule has 1 aliphatic carbocycles. The van der Waals surface area contributed by atoms with E-state index in [0.717, 1.165) is 41.8 Å². The second-order valence-corrected chi connectivity index (χ2v) is 10.7. The van der Waals surface area contributed by atoms with Gasteiger partial charge in [0.2, 0.25) is 0 Å². The molecule has 3 heterocycles. The number of para-hydroxylation sites is 1. The van der Waals surface area contributed by atoms with Crippen LogP contribution in [0.3, 0.4) is 0 Å². The number of fused-ring (bicyclic) bond motifs is 1. The molecule has 1 aliphatic heterocycles. The molecule has 2 aromatic carbocycles. The summed E-state index contributed by atoms with van der Waals surface area (Å²) in [7, 11) is 0. The molecule has 2 aliphatic rings. The van der Waals surface area contributed by atoms with Crippen molar-refractivity contribution in [3.05, 3.63) is 98.5 Å². The van der Waals surface area contributed by atoms with Gasteiger partial charge in [0.25, 0.3) is 11.8 Å². The van der Waals surface area contributed by atoms with E-state index in [4.69, 9.17) is 0 Å². The zero-order chi connectivity index (χ0) is 24.8. The number of benzene rings is 2. The second kappa shape index (κ2) is 9.06. The summed E-state index contributed by atoms with van der Waals surface area (Å²) in [6, 6.07) is 15.8. The van der Waals surface area contributed by atoms with E-state index in [1.54, 1.807) is 17.5 Å². The largest absolute Gasteiger partial charge is 0.334 e. The first kappa shape index (κ1) is 22.7. The first-order valence-corrected chi connectivity index (χ1v) is 13.3. The van der Waals surface area contributed by atoms with Gasteiger partial charge in [-0.15, -0.1) is 11.3 Å². The molecule has 7 heteroatoms. The van der Waals surface area contributed by atoms with Crippen molar-refractivity contribution in [2.45, 2.75) is 45.6 Å². The quantitative estimate of drug-likeness (QED) is 0.375. The van der Waals surface area contributed by atoms with Crippen LogP contribution in [0.15, 0.2) is 60.1 Å². The minimum Gasteiger partial charge on any atom is -0.334 e. The molecule has 1 saturated carbocycles. The number of nitrogens with one attached hydrogen (secondary N) is 1. The van der Waals surface area contributed by atoms with Crippen LogP contribution in [0.2, 0.25) is 0 Å². The topological polar surface area (TPSA) is 67.2 Å². The molecule has 0 atom stereocenters. The fourth-order valence-corrected chi connectivity index (χ4v) is 5.95. The number of aryl methyl sites for hydroxylation is 1. The van der Waals surface area contributed by atoms with Crippen molar-refractivity contribution >= 4 is 28.8 Å². The number of thiophene rings is 1. The van der Waals surface area contributed by atoms with Crippen LogP contribution < -0.4 is 5.32 Å². The molecule has 0 saturated heterocycles. The van der Waals surface area contributed by atoms with Crippen molar-refractivity contribution in [2.24, 2.45) is 0 Å². The first-order valence-electron chi connectivity index (χ1n) is 12.4. The summed E-state index contributed by atoms with van der Waals surface area (Å²) in [4.78, 5) is 30.2. The van der Waals surface area contributed by atoms with Crippen molar-refractivity contribution in [3.63, 3.8) is 0 Å². The predicted molar refractivity (Wildman–Crippen MR) is 142 cm³/mol. The van der Waals surface area contributed by atoms with Gasteiger partial charge in [0.1, 0.15) is 0 Å². The minimum atomic E-state index is -0.190. The molecule has 0 radical (unpaired) electrons. The highest BCUT2D eigenvalue weighted by atomic mass is 32.1. The predicted octanol–water partition coefficient (Wildman–Crippen LogP) is 5.88. The summed E-state index contributed by atoms with van der Waals surface area (Å²) in [6.45, 7) is 5.31. The van der Waals surface area contributed by atoms with E-state index in [1.807, 2.05) is 52.9 Å². The number of carbonyl (C=O) groups is 2. The summed E-state index contributed by atoms with van der Waals surface area (Å²) in [5.74, 6) is 0.153. The summed E-state index contributed by atoms with van der Waals surface area (Å²) in [5, 5.41) is 9.78. The van der Waals surface area contributed by atoms with Gasteiger partial charge in [0, 0.05) is 35.1 Å². The monoisotopic (exact) mass is 496 g/mol. The Morgan fingerprint density at radius 1 is 1.03 bits per heavy atom. The number of aromatic nitrogens is 2. The number of anilines is 1. The third kappa shape index (κ3) is 4.03. The van der Waals surface area contributed by atoms with E-state index in [9.17, 15) is 9.59 Å². The Morgan fingerprint density at radius 2 is 1.86 bits per heavy atom. The molecule has 6 nitrogen and oxygen atoms in total. The maximum Gasteiger partial charge on any atom is 0.259 e. The highest BCUT2D eigenvalue weighted by Crippen LogP contribution is 2.43. The lowest BCUT2D eigenvalue weighted by Crippen LogP contribution is -2.35. The summed E-state index contributed by atoms with van der Waals surface area (Å²) >= 11 is 1.76. The van der Waals surface area contributed by atoms with Crippen LogP contribution in [-0.4, -0.2) is 33.0 Å². The van der Waals surface area contributed by atoms with Crippen LogP contribution in [0.25, 0.3) is 5.69 Å². The summed E-state index contributed by atoms with van der Waals surface area (Å²) in [5.41, 5.74) is 6.98. The molecule has 182 valence electrons. The molecule has 36 heavy (non-hydrogen) atoms. The van der Waals surface area contributed by atoms with Gasteiger partial charge in [0.15, 0.2) is 0 Å². The van der Waals surface area contributed by atoms with E-state index in [0.29, 0.717) is 35.8 Å². The molecule has 2 amide bonds.